The molecule has 1 aromatic carbocycles. The monoisotopic (exact) mass is 207 g/mol. The molecule has 0 saturated carbocycles. The number of carbonyl (C=O) groups excluding carboxylic acids is 1. The topological polar surface area (TPSA) is 29.1 Å². The molecule has 1 N–H and O–H groups in total. The van der Waals surface area contributed by atoms with Crippen molar-refractivity contribution in [3.8, 4) is 0 Å². The molecule has 1 aliphatic heterocycles. The lowest BCUT2D eigenvalue weighted by atomic mass is 9.92. The van der Waals surface area contributed by atoms with Crippen molar-refractivity contribution in [2.75, 3.05) is 0 Å². The second-order valence-corrected chi connectivity index (χ2v) is 4.18. The fourth-order valence-corrected chi connectivity index (χ4v) is 2.10. The van der Waals surface area contributed by atoms with Crippen LogP contribution in [0.1, 0.15) is 30.4 Å². The Balaban J connectivity index is 2.30. The molecule has 0 aliphatic carbocycles. The molecule has 80 valence electrons. The smallest absolute Gasteiger partial charge is 0.220 e. The van der Waals surface area contributed by atoms with E-state index < -0.39 is 0 Å². The van der Waals surface area contributed by atoms with Gasteiger partial charge in [0.05, 0.1) is 0 Å². The maximum Gasteiger partial charge on any atom is 0.220 e. The van der Waals surface area contributed by atoms with E-state index in [1.807, 2.05) is 13.0 Å². The molecule has 1 saturated heterocycles. The van der Waals surface area contributed by atoms with Crippen molar-refractivity contribution >= 4 is 5.91 Å². The summed E-state index contributed by atoms with van der Waals surface area (Å²) in [4.78, 5) is 11.2. The number of nitrogens with one attached hydrogen (secondary N) is 1. The van der Waals surface area contributed by atoms with Gasteiger partial charge in [-0.2, -0.15) is 0 Å². The zero-order valence-electron chi connectivity index (χ0n) is 8.88. The number of carbonyl (C=O) groups is 1. The van der Waals surface area contributed by atoms with Gasteiger partial charge in [0.15, 0.2) is 0 Å². The molecular formula is C12H14FNO. The molecule has 2 rings (SSSR count). The van der Waals surface area contributed by atoms with Crippen LogP contribution in [0.2, 0.25) is 0 Å². The number of rotatable bonds is 1. The summed E-state index contributed by atoms with van der Waals surface area (Å²) < 4.78 is 13.1. The highest BCUT2D eigenvalue weighted by Gasteiger charge is 2.30. The normalized spacial score (nSPS) is 25.4. The highest BCUT2D eigenvalue weighted by atomic mass is 19.1. The van der Waals surface area contributed by atoms with E-state index in [1.54, 1.807) is 13.0 Å². The standard InChI is InChI=1S/C12H14FNO/c1-7-5-9(3-4-11(7)13)10-6-12(15)14-8(10)2/h3-5,8,10H,6H2,1-2H3,(H,14,15). The third-order valence-corrected chi connectivity index (χ3v) is 3.01. The first kappa shape index (κ1) is 10.1. The minimum absolute atomic E-state index is 0.0782. The van der Waals surface area contributed by atoms with Crippen molar-refractivity contribution in [3.63, 3.8) is 0 Å². The molecule has 1 amide bonds. The highest BCUT2D eigenvalue weighted by Crippen LogP contribution is 2.29. The fraction of sp³-hybridized carbons (Fsp3) is 0.417. The van der Waals surface area contributed by atoms with E-state index in [4.69, 9.17) is 0 Å². The van der Waals surface area contributed by atoms with Gasteiger partial charge in [0.25, 0.3) is 0 Å². The largest absolute Gasteiger partial charge is 0.353 e. The summed E-state index contributed by atoms with van der Waals surface area (Å²) >= 11 is 0. The van der Waals surface area contributed by atoms with Crippen molar-refractivity contribution in [2.24, 2.45) is 0 Å². The first-order valence-corrected chi connectivity index (χ1v) is 5.13. The Morgan fingerprint density at radius 3 is 2.73 bits per heavy atom. The van der Waals surface area contributed by atoms with E-state index in [9.17, 15) is 9.18 Å². The Morgan fingerprint density at radius 2 is 2.20 bits per heavy atom. The van der Waals surface area contributed by atoms with E-state index in [1.165, 1.54) is 6.07 Å². The van der Waals surface area contributed by atoms with Gasteiger partial charge in [0.1, 0.15) is 5.82 Å². The average molecular weight is 207 g/mol. The third kappa shape index (κ3) is 1.87. The molecule has 2 unspecified atom stereocenters. The van der Waals surface area contributed by atoms with Crippen LogP contribution in [-0.2, 0) is 4.79 Å². The average Bonchev–Trinajstić information content (AvgIpc) is 2.50. The summed E-state index contributed by atoms with van der Waals surface area (Å²) in [5, 5.41) is 2.87. The second kappa shape index (κ2) is 3.65. The highest BCUT2D eigenvalue weighted by molar-refractivity contribution is 5.80. The van der Waals surface area contributed by atoms with Crippen LogP contribution in [0.3, 0.4) is 0 Å². The molecule has 1 heterocycles. The van der Waals surface area contributed by atoms with Gasteiger partial charge in [-0.15, -0.1) is 0 Å². The number of hydrogen-bond donors (Lipinski definition) is 1. The Bertz CT molecular complexity index is 403. The number of halogens is 1. The van der Waals surface area contributed by atoms with Gasteiger partial charge >= 0.3 is 0 Å². The summed E-state index contributed by atoms with van der Waals surface area (Å²) in [6.07, 6.45) is 0.506. The van der Waals surface area contributed by atoms with Crippen LogP contribution < -0.4 is 5.32 Å². The summed E-state index contributed by atoms with van der Waals surface area (Å²) in [6, 6.07) is 5.21. The second-order valence-electron chi connectivity index (χ2n) is 4.18. The van der Waals surface area contributed by atoms with E-state index in [2.05, 4.69) is 5.32 Å². The van der Waals surface area contributed by atoms with Crippen molar-refractivity contribution < 1.29 is 9.18 Å². The number of benzene rings is 1. The predicted molar refractivity (Wildman–Crippen MR) is 56.1 cm³/mol. The lowest BCUT2D eigenvalue weighted by molar-refractivity contribution is -0.119. The summed E-state index contributed by atoms with van der Waals surface area (Å²) in [5.41, 5.74) is 1.68. The number of amides is 1. The van der Waals surface area contributed by atoms with Gasteiger partial charge in [0.2, 0.25) is 5.91 Å². The molecule has 2 nitrogen and oxygen atoms in total. The van der Waals surface area contributed by atoms with Gasteiger partial charge in [-0.3, -0.25) is 4.79 Å². The quantitative estimate of drug-likeness (QED) is 0.751. The summed E-state index contributed by atoms with van der Waals surface area (Å²) in [6.45, 7) is 3.72. The molecule has 1 aromatic rings. The van der Waals surface area contributed by atoms with Crippen LogP contribution in [-0.4, -0.2) is 11.9 Å². The van der Waals surface area contributed by atoms with Crippen LogP contribution in [0.4, 0.5) is 4.39 Å². The molecule has 0 radical (unpaired) electrons. The minimum atomic E-state index is -0.191. The molecule has 1 aliphatic rings. The van der Waals surface area contributed by atoms with Crippen molar-refractivity contribution in [2.45, 2.75) is 32.2 Å². The third-order valence-electron chi connectivity index (χ3n) is 3.01. The Hall–Kier alpha value is -1.38. The summed E-state index contributed by atoms with van der Waals surface area (Å²) in [5.74, 6) is 0.0648. The molecule has 1 fully saturated rings. The maximum absolute atomic E-state index is 13.1. The van der Waals surface area contributed by atoms with E-state index in [0.29, 0.717) is 12.0 Å². The fourth-order valence-electron chi connectivity index (χ4n) is 2.10. The molecular weight excluding hydrogens is 193 g/mol. The lowest BCUT2D eigenvalue weighted by Crippen LogP contribution is -2.24. The van der Waals surface area contributed by atoms with Gasteiger partial charge in [0, 0.05) is 18.4 Å². The molecule has 2 atom stereocenters. The van der Waals surface area contributed by atoms with Crippen molar-refractivity contribution in [3.05, 3.63) is 35.1 Å². The van der Waals surface area contributed by atoms with Crippen molar-refractivity contribution in [1.82, 2.24) is 5.32 Å². The molecule has 15 heavy (non-hydrogen) atoms. The Labute approximate surface area is 88.5 Å². The van der Waals surface area contributed by atoms with Gasteiger partial charge in [-0.05, 0) is 31.0 Å². The van der Waals surface area contributed by atoms with Crippen LogP contribution in [0, 0.1) is 12.7 Å². The van der Waals surface area contributed by atoms with E-state index >= 15 is 0 Å². The van der Waals surface area contributed by atoms with Gasteiger partial charge in [-0.1, -0.05) is 12.1 Å². The Morgan fingerprint density at radius 1 is 1.47 bits per heavy atom. The first-order chi connectivity index (χ1) is 7.08. The molecule has 3 heteroatoms. The van der Waals surface area contributed by atoms with Crippen LogP contribution in [0.15, 0.2) is 18.2 Å². The molecule has 0 spiro atoms. The van der Waals surface area contributed by atoms with E-state index in [0.717, 1.165) is 5.56 Å². The SMILES string of the molecule is Cc1cc(C2CC(=O)NC2C)ccc1F. The van der Waals surface area contributed by atoms with Crippen LogP contribution in [0.5, 0.6) is 0 Å². The number of aryl methyl sites for hydroxylation is 1. The molecule has 0 bridgehead atoms. The van der Waals surface area contributed by atoms with Gasteiger partial charge in [-0.25, -0.2) is 4.39 Å². The first-order valence-electron chi connectivity index (χ1n) is 5.13. The number of hydrogen-bond acceptors (Lipinski definition) is 1. The Kier molecular flexibility index (Phi) is 2.47. The predicted octanol–water partition coefficient (Wildman–Crippen LogP) is 2.13. The van der Waals surface area contributed by atoms with E-state index in [-0.39, 0.29) is 23.7 Å². The zero-order valence-corrected chi connectivity index (χ0v) is 8.88. The van der Waals surface area contributed by atoms with Crippen molar-refractivity contribution in [1.29, 1.82) is 0 Å². The summed E-state index contributed by atoms with van der Waals surface area (Å²) in [7, 11) is 0. The minimum Gasteiger partial charge on any atom is -0.353 e. The zero-order chi connectivity index (χ0) is 11.0. The lowest BCUT2D eigenvalue weighted by Gasteiger charge is -2.15. The maximum atomic E-state index is 13.1. The van der Waals surface area contributed by atoms with Crippen LogP contribution in [0.25, 0.3) is 0 Å². The van der Waals surface area contributed by atoms with Gasteiger partial charge < -0.3 is 5.32 Å². The van der Waals surface area contributed by atoms with Crippen LogP contribution >= 0.6 is 0 Å². The molecule has 0 aromatic heterocycles.